The van der Waals surface area contributed by atoms with E-state index in [1.54, 1.807) is 24.3 Å². The summed E-state index contributed by atoms with van der Waals surface area (Å²) < 4.78 is 10.8. The standard InChI is InChI=1S/C23H16Cl2N2O5/c1-31-13-8-6-12-7-9-19(32-2)15(14(12)10-13)11-16-21(28)26-23(30)27(22(16)29)18-5-3-4-17(24)20(18)25/h3-11H,1-2H3,(H,26,28,30)/b16-11+. The van der Waals surface area contributed by atoms with Crippen molar-refractivity contribution < 1.29 is 23.9 Å². The highest BCUT2D eigenvalue weighted by atomic mass is 35.5. The number of anilines is 1. The average Bonchev–Trinajstić information content (AvgIpc) is 2.78. The molecular formula is C23H16Cl2N2O5. The number of hydrogen-bond acceptors (Lipinski definition) is 5. The van der Waals surface area contributed by atoms with Crippen molar-refractivity contribution in [1.82, 2.24) is 5.32 Å². The molecule has 1 heterocycles. The van der Waals surface area contributed by atoms with Crippen LogP contribution in [-0.4, -0.2) is 32.1 Å². The molecule has 7 nitrogen and oxygen atoms in total. The van der Waals surface area contributed by atoms with Crippen molar-refractivity contribution in [3.8, 4) is 11.5 Å². The minimum Gasteiger partial charge on any atom is -0.497 e. The van der Waals surface area contributed by atoms with Gasteiger partial charge in [-0.3, -0.25) is 14.9 Å². The molecule has 0 saturated carbocycles. The Hall–Kier alpha value is -3.55. The topological polar surface area (TPSA) is 84.9 Å². The van der Waals surface area contributed by atoms with E-state index in [1.807, 2.05) is 12.1 Å². The fourth-order valence-electron chi connectivity index (χ4n) is 3.44. The summed E-state index contributed by atoms with van der Waals surface area (Å²) >= 11 is 12.3. The van der Waals surface area contributed by atoms with Crippen LogP contribution in [0.1, 0.15) is 5.56 Å². The Kier molecular flexibility index (Phi) is 5.78. The van der Waals surface area contributed by atoms with Crippen LogP contribution < -0.4 is 19.7 Å². The third kappa shape index (κ3) is 3.66. The van der Waals surface area contributed by atoms with Gasteiger partial charge in [-0.1, -0.05) is 41.4 Å². The lowest BCUT2D eigenvalue weighted by Crippen LogP contribution is -2.54. The summed E-state index contributed by atoms with van der Waals surface area (Å²) in [7, 11) is 3.02. The number of hydrogen-bond donors (Lipinski definition) is 1. The zero-order chi connectivity index (χ0) is 23.0. The van der Waals surface area contributed by atoms with Crippen LogP contribution in [0.3, 0.4) is 0 Å². The number of carbonyl (C=O) groups is 3. The van der Waals surface area contributed by atoms with E-state index in [0.29, 0.717) is 22.4 Å². The summed E-state index contributed by atoms with van der Waals surface area (Å²) in [6.07, 6.45) is 1.39. The van der Waals surface area contributed by atoms with Crippen LogP contribution in [-0.2, 0) is 9.59 Å². The largest absolute Gasteiger partial charge is 0.497 e. The van der Waals surface area contributed by atoms with Crippen molar-refractivity contribution in [2.75, 3.05) is 19.1 Å². The van der Waals surface area contributed by atoms with Crippen molar-refractivity contribution in [2.45, 2.75) is 0 Å². The number of amides is 4. The Balaban J connectivity index is 1.91. The summed E-state index contributed by atoms with van der Waals surface area (Å²) in [5, 5.41) is 3.89. The van der Waals surface area contributed by atoms with Gasteiger partial charge in [-0.25, -0.2) is 9.69 Å². The van der Waals surface area contributed by atoms with E-state index in [4.69, 9.17) is 32.7 Å². The summed E-state index contributed by atoms with van der Waals surface area (Å²) in [6.45, 7) is 0. The van der Waals surface area contributed by atoms with E-state index in [2.05, 4.69) is 5.32 Å². The molecule has 0 aromatic heterocycles. The maximum absolute atomic E-state index is 13.3. The van der Waals surface area contributed by atoms with E-state index in [9.17, 15) is 14.4 Å². The minimum atomic E-state index is -0.923. The highest BCUT2D eigenvalue weighted by Gasteiger charge is 2.38. The van der Waals surface area contributed by atoms with Crippen molar-refractivity contribution >= 4 is 63.6 Å². The highest BCUT2D eigenvalue weighted by molar-refractivity contribution is 6.46. The molecule has 0 radical (unpaired) electrons. The van der Waals surface area contributed by atoms with Gasteiger partial charge in [-0.2, -0.15) is 0 Å². The van der Waals surface area contributed by atoms with E-state index < -0.39 is 17.8 Å². The van der Waals surface area contributed by atoms with Gasteiger partial charge >= 0.3 is 6.03 Å². The lowest BCUT2D eigenvalue weighted by atomic mass is 9.99. The van der Waals surface area contributed by atoms with Crippen LogP contribution in [0.5, 0.6) is 11.5 Å². The Bertz CT molecular complexity index is 1310. The molecule has 3 aromatic rings. The fraction of sp³-hybridized carbons (Fsp3) is 0.0870. The van der Waals surface area contributed by atoms with Gasteiger partial charge in [0.1, 0.15) is 17.1 Å². The van der Waals surface area contributed by atoms with E-state index in [0.717, 1.165) is 10.3 Å². The predicted octanol–water partition coefficient (Wildman–Crippen LogP) is 4.83. The molecule has 0 spiro atoms. The summed E-state index contributed by atoms with van der Waals surface area (Å²) in [4.78, 5) is 39.2. The molecule has 162 valence electrons. The fourth-order valence-corrected chi connectivity index (χ4v) is 3.82. The zero-order valence-electron chi connectivity index (χ0n) is 16.9. The van der Waals surface area contributed by atoms with Crippen molar-refractivity contribution in [3.63, 3.8) is 0 Å². The first kappa shape index (κ1) is 21.7. The second-order valence-corrected chi connectivity index (χ2v) is 7.58. The molecule has 1 fully saturated rings. The van der Waals surface area contributed by atoms with Crippen molar-refractivity contribution in [1.29, 1.82) is 0 Å². The lowest BCUT2D eigenvalue weighted by molar-refractivity contribution is -0.122. The summed E-state index contributed by atoms with van der Waals surface area (Å²) in [5.74, 6) is -0.656. The number of barbiturate groups is 1. The quantitative estimate of drug-likeness (QED) is 0.435. The molecule has 0 aliphatic carbocycles. The van der Waals surface area contributed by atoms with Gasteiger partial charge in [-0.15, -0.1) is 0 Å². The number of rotatable bonds is 4. The Labute approximate surface area is 193 Å². The number of methoxy groups -OCH3 is 2. The Morgan fingerprint density at radius 1 is 0.969 bits per heavy atom. The number of benzene rings is 3. The predicted molar refractivity (Wildman–Crippen MR) is 123 cm³/mol. The van der Waals surface area contributed by atoms with Crippen LogP contribution in [0, 0.1) is 0 Å². The van der Waals surface area contributed by atoms with Crippen LogP contribution in [0.25, 0.3) is 16.8 Å². The first-order chi connectivity index (χ1) is 15.3. The number of fused-ring (bicyclic) bond motifs is 1. The second kappa shape index (κ2) is 8.53. The lowest BCUT2D eigenvalue weighted by Gasteiger charge is -2.27. The molecule has 1 N–H and O–H groups in total. The van der Waals surface area contributed by atoms with Gasteiger partial charge in [0.2, 0.25) is 0 Å². The van der Waals surface area contributed by atoms with Crippen LogP contribution in [0.2, 0.25) is 10.0 Å². The van der Waals surface area contributed by atoms with Crippen LogP contribution >= 0.6 is 23.2 Å². The van der Waals surface area contributed by atoms with Gasteiger partial charge in [0.15, 0.2) is 0 Å². The average molecular weight is 471 g/mol. The Morgan fingerprint density at radius 3 is 2.44 bits per heavy atom. The highest BCUT2D eigenvalue weighted by Crippen LogP contribution is 2.36. The van der Waals surface area contributed by atoms with Crippen LogP contribution in [0.15, 0.2) is 54.1 Å². The minimum absolute atomic E-state index is 0.0128. The molecule has 1 saturated heterocycles. The molecule has 9 heteroatoms. The number of halogens is 2. The number of imide groups is 2. The first-order valence-corrected chi connectivity index (χ1v) is 10.1. The van der Waals surface area contributed by atoms with E-state index in [-0.39, 0.29) is 21.3 Å². The van der Waals surface area contributed by atoms with Gasteiger partial charge in [0.05, 0.1) is 30.0 Å². The smallest absolute Gasteiger partial charge is 0.336 e. The molecule has 0 atom stereocenters. The number of urea groups is 1. The van der Waals surface area contributed by atoms with Gasteiger partial charge in [0, 0.05) is 5.56 Å². The molecule has 0 unspecified atom stereocenters. The molecule has 4 amide bonds. The molecule has 3 aromatic carbocycles. The van der Waals surface area contributed by atoms with Gasteiger partial charge in [0.25, 0.3) is 11.8 Å². The molecule has 1 aliphatic heterocycles. The molecule has 4 rings (SSSR count). The number of ether oxygens (including phenoxy) is 2. The molecule has 32 heavy (non-hydrogen) atoms. The van der Waals surface area contributed by atoms with Crippen molar-refractivity contribution in [3.05, 3.63) is 69.7 Å². The number of nitrogens with one attached hydrogen (secondary N) is 1. The summed E-state index contributed by atoms with van der Waals surface area (Å²) in [6, 6.07) is 12.6. The maximum atomic E-state index is 13.3. The second-order valence-electron chi connectivity index (χ2n) is 6.80. The Morgan fingerprint density at radius 2 is 1.72 bits per heavy atom. The van der Waals surface area contributed by atoms with E-state index >= 15 is 0 Å². The monoisotopic (exact) mass is 470 g/mol. The number of nitrogens with zero attached hydrogens (tertiary/aromatic N) is 1. The first-order valence-electron chi connectivity index (χ1n) is 9.36. The van der Waals surface area contributed by atoms with Crippen molar-refractivity contribution in [2.24, 2.45) is 0 Å². The normalized spacial score (nSPS) is 15.3. The van der Waals surface area contributed by atoms with Gasteiger partial charge in [-0.05, 0) is 47.2 Å². The third-order valence-corrected chi connectivity index (χ3v) is 5.82. The maximum Gasteiger partial charge on any atom is 0.336 e. The van der Waals surface area contributed by atoms with Crippen LogP contribution in [0.4, 0.5) is 10.5 Å². The molecule has 1 aliphatic rings. The SMILES string of the molecule is COc1ccc2ccc(OC)c(/C=C3\C(=O)NC(=O)N(c4cccc(Cl)c4Cl)C3=O)c2c1. The van der Waals surface area contributed by atoms with Gasteiger partial charge < -0.3 is 9.47 Å². The van der Waals surface area contributed by atoms with E-state index in [1.165, 1.54) is 32.4 Å². The zero-order valence-corrected chi connectivity index (χ0v) is 18.5. The number of carbonyl (C=O) groups excluding carboxylic acids is 3. The molecular weight excluding hydrogens is 455 g/mol. The summed E-state index contributed by atoms with van der Waals surface area (Å²) in [5.41, 5.74) is 0.273. The molecule has 0 bridgehead atoms. The third-order valence-electron chi connectivity index (χ3n) is 5.01.